The fraction of sp³-hybridized carbons (Fsp3) is 0.500. The Morgan fingerprint density at radius 1 is 1.04 bits per heavy atom. The van der Waals surface area contributed by atoms with E-state index in [2.05, 4.69) is 10.6 Å². The van der Waals surface area contributed by atoms with Crippen LogP contribution in [0.25, 0.3) is 0 Å². The first-order valence-corrected chi connectivity index (χ1v) is 7.98. The van der Waals surface area contributed by atoms with E-state index in [1.54, 1.807) is 0 Å². The first-order chi connectivity index (χ1) is 11.2. The van der Waals surface area contributed by atoms with Crippen molar-refractivity contribution in [2.24, 2.45) is 0 Å². The topological polar surface area (TPSA) is 84.5 Å². The largest absolute Gasteiger partial charge is 0.456 e. The summed E-state index contributed by atoms with van der Waals surface area (Å²) in [6.07, 6.45) is -0.0347. The van der Waals surface area contributed by atoms with E-state index >= 15 is 0 Å². The smallest absolute Gasteiger partial charge is 0.306 e. The van der Waals surface area contributed by atoms with Crippen LogP contribution < -0.4 is 10.6 Å². The molecule has 1 rings (SSSR count). The first kappa shape index (κ1) is 19.7. The fourth-order valence-corrected chi connectivity index (χ4v) is 2.03. The SMILES string of the molecule is C[C@H](NC(=O)CCC(=O)OCC(=O)NC(C)(C)C)c1ccccc1. The van der Waals surface area contributed by atoms with Gasteiger partial charge in [0, 0.05) is 12.0 Å². The lowest BCUT2D eigenvalue weighted by atomic mass is 10.1. The van der Waals surface area contributed by atoms with Gasteiger partial charge < -0.3 is 15.4 Å². The van der Waals surface area contributed by atoms with E-state index < -0.39 is 5.97 Å². The van der Waals surface area contributed by atoms with Gasteiger partial charge in [-0.25, -0.2) is 0 Å². The Hall–Kier alpha value is -2.37. The Balaban J connectivity index is 2.26. The Morgan fingerprint density at radius 2 is 1.67 bits per heavy atom. The van der Waals surface area contributed by atoms with Crippen LogP contribution in [0.3, 0.4) is 0 Å². The number of nitrogens with one attached hydrogen (secondary N) is 2. The highest BCUT2D eigenvalue weighted by molar-refractivity contribution is 5.84. The molecule has 0 heterocycles. The van der Waals surface area contributed by atoms with E-state index in [0.29, 0.717) is 0 Å². The van der Waals surface area contributed by atoms with Crippen molar-refractivity contribution in [3.05, 3.63) is 35.9 Å². The van der Waals surface area contributed by atoms with Crippen molar-refractivity contribution in [2.45, 2.75) is 52.1 Å². The predicted molar refractivity (Wildman–Crippen MR) is 91.1 cm³/mol. The van der Waals surface area contributed by atoms with Gasteiger partial charge in [0.1, 0.15) is 0 Å². The molecule has 24 heavy (non-hydrogen) atoms. The second-order valence-corrected chi connectivity index (χ2v) is 6.66. The summed E-state index contributed by atoms with van der Waals surface area (Å²) in [5, 5.41) is 5.51. The molecule has 0 aromatic heterocycles. The molecule has 0 unspecified atom stereocenters. The van der Waals surface area contributed by atoms with Gasteiger partial charge in [-0.1, -0.05) is 30.3 Å². The molecule has 132 valence electrons. The summed E-state index contributed by atoms with van der Waals surface area (Å²) in [6.45, 7) is 7.06. The van der Waals surface area contributed by atoms with Gasteiger partial charge >= 0.3 is 5.97 Å². The number of rotatable bonds is 7. The number of hydrogen-bond donors (Lipinski definition) is 2. The zero-order valence-corrected chi connectivity index (χ0v) is 14.7. The standard InChI is InChI=1S/C18H26N2O4/c1-13(14-8-6-5-7-9-14)19-15(21)10-11-17(23)24-12-16(22)20-18(2,3)4/h5-9,13H,10-12H2,1-4H3,(H,19,21)(H,20,22)/t13-/m0/s1. The molecule has 6 nitrogen and oxygen atoms in total. The summed E-state index contributed by atoms with van der Waals surface area (Å²) >= 11 is 0. The summed E-state index contributed by atoms with van der Waals surface area (Å²) in [5.74, 6) is -1.16. The summed E-state index contributed by atoms with van der Waals surface area (Å²) in [5.41, 5.74) is 0.615. The number of benzene rings is 1. The second kappa shape index (κ2) is 9.05. The van der Waals surface area contributed by atoms with Crippen LogP contribution in [0.5, 0.6) is 0 Å². The maximum atomic E-state index is 11.9. The molecule has 0 aliphatic carbocycles. The number of amides is 2. The van der Waals surface area contributed by atoms with Gasteiger partial charge in [-0.15, -0.1) is 0 Å². The van der Waals surface area contributed by atoms with Gasteiger partial charge in [0.25, 0.3) is 5.91 Å². The minimum Gasteiger partial charge on any atom is -0.456 e. The van der Waals surface area contributed by atoms with Crippen molar-refractivity contribution >= 4 is 17.8 Å². The van der Waals surface area contributed by atoms with Gasteiger partial charge in [0.2, 0.25) is 5.91 Å². The lowest BCUT2D eigenvalue weighted by Gasteiger charge is -2.20. The maximum Gasteiger partial charge on any atom is 0.306 e. The molecule has 1 aromatic carbocycles. The molecule has 0 saturated carbocycles. The normalized spacial score (nSPS) is 12.2. The van der Waals surface area contributed by atoms with Crippen molar-refractivity contribution in [1.82, 2.24) is 10.6 Å². The average molecular weight is 334 g/mol. The van der Waals surface area contributed by atoms with E-state index in [9.17, 15) is 14.4 Å². The van der Waals surface area contributed by atoms with Gasteiger partial charge in [0.05, 0.1) is 12.5 Å². The molecule has 0 aliphatic rings. The van der Waals surface area contributed by atoms with E-state index in [0.717, 1.165) is 5.56 Å². The molecular formula is C18H26N2O4. The van der Waals surface area contributed by atoms with Crippen LogP contribution in [0.1, 0.15) is 52.1 Å². The minimum absolute atomic E-state index is 0.0247. The van der Waals surface area contributed by atoms with Crippen LogP contribution in [0.2, 0.25) is 0 Å². The average Bonchev–Trinajstić information content (AvgIpc) is 2.50. The quantitative estimate of drug-likeness (QED) is 0.748. The second-order valence-electron chi connectivity index (χ2n) is 6.66. The lowest BCUT2D eigenvalue weighted by Crippen LogP contribution is -2.42. The highest BCUT2D eigenvalue weighted by Crippen LogP contribution is 2.11. The highest BCUT2D eigenvalue weighted by Gasteiger charge is 2.16. The van der Waals surface area contributed by atoms with Gasteiger partial charge in [-0.3, -0.25) is 14.4 Å². The third-order valence-electron chi connectivity index (χ3n) is 3.11. The summed E-state index contributed by atoms with van der Waals surface area (Å²) in [7, 11) is 0. The maximum absolute atomic E-state index is 11.9. The zero-order valence-electron chi connectivity index (χ0n) is 14.7. The summed E-state index contributed by atoms with van der Waals surface area (Å²) < 4.78 is 4.86. The van der Waals surface area contributed by atoms with Crippen LogP contribution in [-0.4, -0.2) is 29.9 Å². The molecular weight excluding hydrogens is 308 g/mol. The van der Waals surface area contributed by atoms with E-state index in [-0.39, 0.29) is 42.8 Å². The molecule has 0 bridgehead atoms. The molecule has 0 radical (unpaired) electrons. The molecule has 1 aromatic rings. The third kappa shape index (κ3) is 8.31. The van der Waals surface area contributed by atoms with Crippen molar-refractivity contribution < 1.29 is 19.1 Å². The van der Waals surface area contributed by atoms with Crippen molar-refractivity contribution in [1.29, 1.82) is 0 Å². The van der Waals surface area contributed by atoms with Gasteiger partial charge in [-0.2, -0.15) is 0 Å². The van der Waals surface area contributed by atoms with Gasteiger partial charge in [-0.05, 0) is 33.3 Å². The predicted octanol–water partition coefficient (Wildman–Crippen LogP) is 2.10. The first-order valence-electron chi connectivity index (χ1n) is 7.98. The van der Waals surface area contributed by atoms with Crippen LogP contribution in [-0.2, 0) is 19.1 Å². The number of hydrogen-bond acceptors (Lipinski definition) is 4. The highest BCUT2D eigenvalue weighted by atomic mass is 16.5. The van der Waals surface area contributed by atoms with Crippen LogP contribution in [0, 0.1) is 0 Å². The number of carbonyl (C=O) groups excluding carboxylic acids is 3. The van der Waals surface area contributed by atoms with Crippen LogP contribution in [0.4, 0.5) is 0 Å². The molecule has 0 fully saturated rings. The molecule has 0 spiro atoms. The zero-order chi connectivity index (χ0) is 18.2. The molecule has 6 heteroatoms. The van der Waals surface area contributed by atoms with Crippen molar-refractivity contribution in [3.63, 3.8) is 0 Å². The summed E-state index contributed by atoms with van der Waals surface area (Å²) in [4.78, 5) is 35.0. The molecule has 0 aliphatic heterocycles. The monoisotopic (exact) mass is 334 g/mol. The molecule has 0 saturated heterocycles. The van der Waals surface area contributed by atoms with Crippen LogP contribution >= 0.6 is 0 Å². The number of esters is 1. The van der Waals surface area contributed by atoms with Crippen molar-refractivity contribution in [2.75, 3.05) is 6.61 Å². The van der Waals surface area contributed by atoms with E-state index in [1.807, 2.05) is 58.0 Å². The fourth-order valence-electron chi connectivity index (χ4n) is 2.03. The molecule has 2 N–H and O–H groups in total. The van der Waals surface area contributed by atoms with Crippen LogP contribution in [0.15, 0.2) is 30.3 Å². The number of carbonyl (C=O) groups is 3. The molecule has 1 atom stereocenters. The van der Waals surface area contributed by atoms with Gasteiger partial charge in [0.15, 0.2) is 6.61 Å². The Labute approximate surface area is 143 Å². The third-order valence-corrected chi connectivity index (χ3v) is 3.11. The summed E-state index contributed by atoms with van der Waals surface area (Å²) in [6, 6.07) is 9.42. The number of ether oxygens (including phenoxy) is 1. The van der Waals surface area contributed by atoms with E-state index in [4.69, 9.17) is 4.74 Å². The molecule has 2 amide bonds. The Bertz CT molecular complexity index is 564. The lowest BCUT2D eigenvalue weighted by molar-refractivity contribution is -0.149. The Morgan fingerprint density at radius 3 is 2.25 bits per heavy atom. The van der Waals surface area contributed by atoms with E-state index in [1.165, 1.54) is 0 Å². The Kier molecular flexibility index (Phi) is 7.42. The minimum atomic E-state index is -0.568. The van der Waals surface area contributed by atoms with Crippen molar-refractivity contribution in [3.8, 4) is 0 Å².